The fourth-order valence-corrected chi connectivity index (χ4v) is 6.95. The predicted octanol–water partition coefficient (Wildman–Crippen LogP) is 4.90. The summed E-state index contributed by atoms with van der Waals surface area (Å²) in [7, 11) is -3.68. The van der Waals surface area contributed by atoms with E-state index in [1.54, 1.807) is 40.7 Å². The molecule has 2 saturated heterocycles. The maximum Gasteiger partial charge on any atom is 0.243 e. The summed E-state index contributed by atoms with van der Waals surface area (Å²) < 4.78 is 34.8. The number of piperidine rings is 2. The van der Waals surface area contributed by atoms with Crippen molar-refractivity contribution in [2.45, 2.75) is 50.3 Å². The highest BCUT2D eigenvalue weighted by molar-refractivity contribution is 7.89. The molecule has 0 aromatic heterocycles. The van der Waals surface area contributed by atoms with Gasteiger partial charge in [-0.2, -0.15) is 4.31 Å². The first-order valence-corrected chi connectivity index (χ1v) is 13.8. The second kappa shape index (κ2) is 10.7. The molecule has 2 aliphatic heterocycles. The first-order chi connectivity index (χ1) is 16.3. The predicted molar refractivity (Wildman–Crippen MR) is 134 cm³/mol. The van der Waals surface area contributed by atoms with Gasteiger partial charge in [0.2, 0.25) is 15.9 Å². The van der Waals surface area contributed by atoms with Gasteiger partial charge in [-0.05, 0) is 74.9 Å². The number of carbonyl (C=O) groups is 1. The van der Waals surface area contributed by atoms with E-state index in [0.29, 0.717) is 28.6 Å². The summed E-state index contributed by atoms with van der Waals surface area (Å²) in [6.45, 7) is 4.34. The number of likely N-dealkylation sites (tertiary alicyclic amines) is 1. The van der Waals surface area contributed by atoms with Gasteiger partial charge in [-0.25, -0.2) is 8.42 Å². The number of aryl methyl sites for hydroxylation is 1. The van der Waals surface area contributed by atoms with Crippen LogP contribution in [0.15, 0.2) is 53.4 Å². The van der Waals surface area contributed by atoms with E-state index in [4.69, 9.17) is 16.3 Å². The summed E-state index contributed by atoms with van der Waals surface area (Å²) in [5, 5.41) is 0.621. The van der Waals surface area contributed by atoms with E-state index < -0.39 is 15.4 Å². The monoisotopic (exact) mass is 504 g/mol. The smallest absolute Gasteiger partial charge is 0.243 e. The van der Waals surface area contributed by atoms with Crippen molar-refractivity contribution in [3.63, 3.8) is 0 Å². The van der Waals surface area contributed by atoms with Crippen molar-refractivity contribution >= 4 is 27.5 Å². The van der Waals surface area contributed by atoms with Gasteiger partial charge in [-0.3, -0.25) is 4.79 Å². The zero-order valence-electron chi connectivity index (χ0n) is 19.7. The Kier molecular flexibility index (Phi) is 7.85. The summed E-state index contributed by atoms with van der Waals surface area (Å²) in [4.78, 5) is 15.6. The fourth-order valence-electron chi connectivity index (χ4n) is 5.01. The lowest BCUT2D eigenvalue weighted by Crippen LogP contribution is -2.51. The Morgan fingerprint density at radius 3 is 2.41 bits per heavy atom. The third-order valence-electron chi connectivity index (χ3n) is 6.93. The van der Waals surface area contributed by atoms with Crippen molar-refractivity contribution in [1.29, 1.82) is 0 Å². The molecule has 2 aromatic rings. The summed E-state index contributed by atoms with van der Waals surface area (Å²) >= 11 is 6.00. The minimum absolute atomic E-state index is 0.0922. The van der Waals surface area contributed by atoms with E-state index in [1.165, 1.54) is 0 Å². The highest BCUT2D eigenvalue weighted by Gasteiger charge is 2.43. The number of carbonyl (C=O) groups excluding carboxylic acids is 1. The maximum absolute atomic E-state index is 13.6. The van der Waals surface area contributed by atoms with Gasteiger partial charge in [-0.1, -0.05) is 29.8 Å². The number of ether oxygens (including phenoxy) is 1. The lowest BCUT2D eigenvalue weighted by atomic mass is 9.78. The molecule has 2 aliphatic rings. The Balaban J connectivity index is 1.58. The van der Waals surface area contributed by atoms with Crippen LogP contribution < -0.4 is 4.74 Å². The highest BCUT2D eigenvalue weighted by atomic mass is 35.5. The minimum Gasteiger partial charge on any atom is -0.493 e. The van der Waals surface area contributed by atoms with E-state index in [0.717, 1.165) is 44.3 Å². The van der Waals surface area contributed by atoms with Crippen molar-refractivity contribution in [1.82, 2.24) is 9.21 Å². The molecule has 2 heterocycles. The molecule has 0 aliphatic carbocycles. The van der Waals surface area contributed by atoms with Crippen molar-refractivity contribution in [2.75, 3.05) is 32.8 Å². The molecule has 1 unspecified atom stereocenters. The number of hydrogen-bond acceptors (Lipinski definition) is 4. The molecule has 4 rings (SSSR count). The molecule has 1 atom stereocenters. The average molecular weight is 505 g/mol. The molecule has 8 heteroatoms. The number of sulfonamides is 1. The molecule has 1 amide bonds. The van der Waals surface area contributed by atoms with E-state index in [9.17, 15) is 13.2 Å². The van der Waals surface area contributed by atoms with Crippen LogP contribution in [-0.2, 0) is 14.8 Å². The summed E-state index contributed by atoms with van der Waals surface area (Å²) in [6, 6.07) is 14.2. The minimum atomic E-state index is -3.68. The first kappa shape index (κ1) is 25.0. The van der Waals surface area contributed by atoms with Crippen LogP contribution >= 0.6 is 11.6 Å². The Labute approximate surface area is 207 Å². The van der Waals surface area contributed by atoms with Crippen LogP contribution in [0.3, 0.4) is 0 Å². The molecular weight excluding hydrogens is 472 g/mol. The van der Waals surface area contributed by atoms with Crippen molar-refractivity contribution in [3.8, 4) is 5.75 Å². The average Bonchev–Trinajstić information content (AvgIpc) is 2.84. The van der Waals surface area contributed by atoms with Gasteiger partial charge in [0.1, 0.15) is 5.75 Å². The Morgan fingerprint density at radius 2 is 1.71 bits per heavy atom. The quantitative estimate of drug-likeness (QED) is 0.537. The number of rotatable bonds is 7. The number of hydrogen-bond donors (Lipinski definition) is 0. The number of nitrogens with zero attached hydrogens (tertiary/aromatic N) is 2. The van der Waals surface area contributed by atoms with Crippen molar-refractivity contribution in [2.24, 2.45) is 5.41 Å². The molecule has 2 fully saturated rings. The molecule has 6 nitrogen and oxygen atoms in total. The van der Waals surface area contributed by atoms with Gasteiger partial charge in [0.15, 0.2) is 0 Å². The molecule has 0 saturated carbocycles. The van der Waals surface area contributed by atoms with Crippen LogP contribution in [0.2, 0.25) is 5.02 Å². The van der Waals surface area contributed by atoms with E-state index in [-0.39, 0.29) is 25.5 Å². The van der Waals surface area contributed by atoms with Gasteiger partial charge in [0.25, 0.3) is 0 Å². The van der Waals surface area contributed by atoms with Crippen molar-refractivity contribution in [3.05, 3.63) is 59.1 Å². The maximum atomic E-state index is 13.6. The molecule has 0 radical (unpaired) electrons. The molecular formula is C26H33ClN2O4S. The van der Waals surface area contributed by atoms with Crippen molar-refractivity contribution < 1.29 is 17.9 Å². The lowest BCUT2D eigenvalue weighted by molar-refractivity contribution is -0.136. The van der Waals surface area contributed by atoms with Gasteiger partial charge < -0.3 is 9.64 Å². The summed E-state index contributed by atoms with van der Waals surface area (Å²) in [5.74, 6) is 0.752. The molecule has 0 bridgehead atoms. The van der Waals surface area contributed by atoms with Gasteiger partial charge in [0, 0.05) is 43.0 Å². The standard InChI is InChI=1S/C26H33ClN2O4S/c1-21-8-3-4-9-24(21)34(31,32)29-17-7-14-26(19-29,18-25(30)28-15-5-2-6-16-28)20-33-23-12-10-22(27)11-13-23/h3-4,8-13H,2,5-7,14-20H2,1H3. The van der Waals surface area contributed by atoms with E-state index in [1.807, 2.05) is 24.0 Å². The number of benzene rings is 2. The third-order valence-corrected chi connectivity index (χ3v) is 9.19. The van der Waals surface area contributed by atoms with Crippen LogP contribution in [0, 0.1) is 12.3 Å². The Morgan fingerprint density at radius 1 is 1.00 bits per heavy atom. The van der Waals surface area contributed by atoms with E-state index in [2.05, 4.69) is 0 Å². The largest absolute Gasteiger partial charge is 0.493 e. The topological polar surface area (TPSA) is 66.9 Å². The highest BCUT2D eigenvalue weighted by Crippen LogP contribution is 2.38. The van der Waals surface area contributed by atoms with Crippen LogP contribution in [-0.4, -0.2) is 56.3 Å². The zero-order valence-corrected chi connectivity index (χ0v) is 21.3. The molecule has 0 N–H and O–H groups in total. The molecule has 0 spiro atoms. The molecule has 184 valence electrons. The summed E-state index contributed by atoms with van der Waals surface area (Å²) in [6.07, 6.45) is 4.89. The van der Waals surface area contributed by atoms with Gasteiger partial charge in [-0.15, -0.1) is 0 Å². The van der Waals surface area contributed by atoms with Crippen LogP contribution in [0.5, 0.6) is 5.75 Å². The molecule has 34 heavy (non-hydrogen) atoms. The number of amides is 1. The van der Waals surface area contributed by atoms with Crippen LogP contribution in [0.4, 0.5) is 0 Å². The normalized spacial score (nSPS) is 21.9. The Bertz CT molecular complexity index is 1100. The van der Waals surface area contributed by atoms with Gasteiger partial charge >= 0.3 is 0 Å². The molecule has 2 aromatic carbocycles. The number of halogens is 1. The second-order valence-corrected chi connectivity index (χ2v) is 11.9. The third kappa shape index (κ3) is 5.75. The first-order valence-electron chi connectivity index (χ1n) is 12.0. The van der Waals surface area contributed by atoms with Gasteiger partial charge in [0.05, 0.1) is 11.5 Å². The Hall–Kier alpha value is -2.09. The fraction of sp³-hybridized carbons (Fsp3) is 0.500. The lowest BCUT2D eigenvalue weighted by Gasteiger charge is -2.42. The zero-order chi connectivity index (χ0) is 24.2. The van der Waals surface area contributed by atoms with Crippen LogP contribution in [0.1, 0.15) is 44.1 Å². The second-order valence-electron chi connectivity index (χ2n) is 9.57. The van der Waals surface area contributed by atoms with E-state index >= 15 is 0 Å². The SMILES string of the molecule is Cc1ccccc1S(=O)(=O)N1CCCC(COc2ccc(Cl)cc2)(CC(=O)N2CCCCC2)C1. The van der Waals surface area contributed by atoms with Crippen LogP contribution in [0.25, 0.3) is 0 Å². The summed E-state index contributed by atoms with van der Waals surface area (Å²) in [5.41, 5.74) is 0.128.